The Hall–Kier alpha value is -2.94. The lowest BCUT2D eigenvalue weighted by Gasteiger charge is -2.15. The maximum Gasteiger partial charge on any atom is 0.115 e. The molecule has 3 rings (SSSR count). The van der Waals surface area contributed by atoms with Gasteiger partial charge in [-0.3, -0.25) is 0 Å². The highest BCUT2D eigenvalue weighted by Gasteiger charge is 2.11. The molecule has 3 aromatic carbocycles. The molecule has 3 aromatic rings. The fourth-order valence-electron chi connectivity index (χ4n) is 2.70. The Bertz CT molecular complexity index is 806. The molecule has 0 aromatic heterocycles. The summed E-state index contributed by atoms with van der Waals surface area (Å²) in [5.74, 6) is 0.477. The third-order valence-electron chi connectivity index (χ3n) is 3.83. The summed E-state index contributed by atoms with van der Waals surface area (Å²) in [4.78, 5) is 0. The van der Waals surface area contributed by atoms with Crippen LogP contribution in [0, 0.1) is 6.92 Å². The second-order valence-corrected chi connectivity index (χ2v) is 5.30. The summed E-state index contributed by atoms with van der Waals surface area (Å²) in [6.07, 6.45) is 0. The normalized spacial score (nSPS) is 10.6. The van der Waals surface area contributed by atoms with Crippen molar-refractivity contribution in [1.29, 1.82) is 0 Å². The molecular formula is C19H17NO2. The van der Waals surface area contributed by atoms with Crippen LogP contribution in [-0.2, 0) is 0 Å². The lowest BCUT2D eigenvalue weighted by molar-refractivity contribution is 0.475. The summed E-state index contributed by atoms with van der Waals surface area (Å²) >= 11 is 0. The van der Waals surface area contributed by atoms with Crippen LogP contribution >= 0.6 is 0 Å². The number of nitrogen functional groups attached to an aromatic ring is 1. The minimum absolute atomic E-state index is 0.231. The first kappa shape index (κ1) is 14.0. The number of nitrogens with two attached hydrogens (primary N) is 1. The minimum atomic E-state index is 0.231. The monoisotopic (exact) mass is 291 g/mol. The summed E-state index contributed by atoms with van der Waals surface area (Å²) in [7, 11) is 0. The smallest absolute Gasteiger partial charge is 0.115 e. The number of rotatable bonds is 2. The molecule has 0 bridgehead atoms. The van der Waals surface area contributed by atoms with Crippen molar-refractivity contribution in [2.45, 2.75) is 6.92 Å². The van der Waals surface area contributed by atoms with Crippen molar-refractivity contribution in [2.24, 2.45) is 0 Å². The Kier molecular flexibility index (Phi) is 3.47. The molecule has 22 heavy (non-hydrogen) atoms. The Balaban J connectivity index is 2.17. The molecule has 0 amide bonds. The maximum atomic E-state index is 9.45. The summed E-state index contributed by atoms with van der Waals surface area (Å²) < 4.78 is 0. The van der Waals surface area contributed by atoms with Crippen molar-refractivity contribution >= 4 is 5.69 Å². The van der Waals surface area contributed by atoms with E-state index in [4.69, 9.17) is 5.73 Å². The SMILES string of the molecule is Cc1c(-c2ccc(O)cc2)ccc(N)c1-c1ccc(O)cc1. The number of phenolic OH excluding ortho intramolecular Hbond substituents is 2. The highest BCUT2D eigenvalue weighted by molar-refractivity contribution is 5.86. The van der Waals surface area contributed by atoms with E-state index in [1.54, 1.807) is 24.3 Å². The van der Waals surface area contributed by atoms with Crippen molar-refractivity contribution in [1.82, 2.24) is 0 Å². The predicted molar refractivity (Wildman–Crippen MR) is 89.8 cm³/mol. The number of hydrogen-bond acceptors (Lipinski definition) is 3. The zero-order valence-electron chi connectivity index (χ0n) is 12.2. The molecule has 4 N–H and O–H groups in total. The Morgan fingerprint density at radius 1 is 0.682 bits per heavy atom. The first-order valence-corrected chi connectivity index (χ1v) is 7.04. The third-order valence-corrected chi connectivity index (χ3v) is 3.83. The van der Waals surface area contributed by atoms with Crippen molar-refractivity contribution in [2.75, 3.05) is 5.73 Å². The van der Waals surface area contributed by atoms with E-state index in [2.05, 4.69) is 0 Å². The van der Waals surface area contributed by atoms with E-state index < -0.39 is 0 Å². The lowest BCUT2D eigenvalue weighted by atomic mass is 9.91. The highest BCUT2D eigenvalue weighted by atomic mass is 16.3. The van der Waals surface area contributed by atoms with Gasteiger partial charge in [0.05, 0.1) is 0 Å². The van der Waals surface area contributed by atoms with Crippen LogP contribution in [0.4, 0.5) is 5.69 Å². The summed E-state index contributed by atoms with van der Waals surface area (Å²) in [6, 6.07) is 18.0. The van der Waals surface area contributed by atoms with E-state index in [0.717, 1.165) is 27.8 Å². The molecule has 0 saturated heterocycles. The molecular weight excluding hydrogens is 274 g/mol. The van der Waals surface area contributed by atoms with Crippen molar-refractivity contribution in [3.8, 4) is 33.8 Å². The summed E-state index contributed by atoms with van der Waals surface area (Å²) in [5, 5.41) is 18.9. The zero-order chi connectivity index (χ0) is 15.7. The highest BCUT2D eigenvalue weighted by Crippen LogP contribution is 2.36. The quantitative estimate of drug-likeness (QED) is 0.616. The molecule has 0 spiro atoms. The van der Waals surface area contributed by atoms with E-state index in [1.807, 2.05) is 43.3 Å². The molecule has 0 aliphatic heterocycles. The van der Waals surface area contributed by atoms with Crippen LogP contribution in [0.3, 0.4) is 0 Å². The molecule has 0 fully saturated rings. The Morgan fingerprint density at radius 3 is 1.73 bits per heavy atom. The van der Waals surface area contributed by atoms with Crippen LogP contribution in [-0.4, -0.2) is 10.2 Å². The standard InChI is InChI=1S/C19H17NO2/c1-12-17(13-2-6-15(21)7-3-13)10-11-18(20)19(12)14-4-8-16(22)9-5-14/h2-11,21-22H,20H2,1H3. The van der Waals surface area contributed by atoms with E-state index in [9.17, 15) is 10.2 Å². The molecule has 0 aliphatic rings. The van der Waals surface area contributed by atoms with Crippen LogP contribution in [0.2, 0.25) is 0 Å². The second-order valence-electron chi connectivity index (χ2n) is 5.30. The Morgan fingerprint density at radius 2 is 1.18 bits per heavy atom. The number of phenols is 2. The number of benzene rings is 3. The average molecular weight is 291 g/mol. The number of hydrogen-bond donors (Lipinski definition) is 3. The van der Waals surface area contributed by atoms with Gasteiger partial charge in [-0.15, -0.1) is 0 Å². The van der Waals surface area contributed by atoms with Gasteiger partial charge in [-0.25, -0.2) is 0 Å². The second kappa shape index (κ2) is 5.45. The molecule has 3 nitrogen and oxygen atoms in total. The molecule has 110 valence electrons. The Labute approximate surface area is 129 Å². The van der Waals surface area contributed by atoms with Crippen LogP contribution in [0.1, 0.15) is 5.56 Å². The molecule has 0 unspecified atom stereocenters. The van der Waals surface area contributed by atoms with Crippen LogP contribution in [0.5, 0.6) is 11.5 Å². The first-order valence-electron chi connectivity index (χ1n) is 7.04. The zero-order valence-corrected chi connectivity index (χ0v) is 12.2. The number of aromatic hydroxyl groups is 2. The summed E-state index contributed by atoms with van der Waals surface area (Å²) in [6.45, 7) is 2.03. The van der Waals surface area contributed by atoms with Gasteiger partial charge in [-0.2, -0.15) is 0 Å². The van der Waals surface area contributed by atoms with Crippen molar-refractivity contribution < 1.29 is 10.2 Å². The van der Waals surface area contributed by atoms with Gasteiger partial charge in [-0.1, -0.05) is 30.3 Å². The topological polar surface area (TPSA) is 66.5 Å². The van der Waals surface area contributed by atoms with Gasteiger partial charge in [0.2, 0.25) is 0 Å². The van der Waals surface area contributed by atoms with Gasteiger partial charge in [0, 0.05) is 11.3 Å². The summed E-state index contributed by atoms with van der Waals surface area (Å²) in [5.41, 5.74) is 11.9. The first-order chi connectivity index (χ1) is 10.6. The van der Waals surface area contributed by atoms with Crippen molar-refractivity contribution in [3.63, 3.8) is 0 Å². The van der Waals surface area contributed by atoms with Crippen LogP contribution in [0.15, 0.2) is 60.7 Å². The van der Waals surface area contributed by atoms with Crippen LogP contribution in [0.25, 0.3) is 22.3 Å². The minimum Gasteiger partial charge on any atom is -0.508 e. The fraction of sp³-hybridized carbons (Fsp3) is 0.0526. The van der Waals surface area contributed by atoms with Gasteiger partial charge in [-0.05, 0) is 59.5 Å². The molecule has 0 atom stereocenters. The average Bonchev–Trinajstić information content (AvgIpc) is 2.51. The van der Waals surface area contributed by atoms with Crippen LogP contribution < -0.4 is 5.73 Å². The van der Waals surface area contributed by atoms with E-state index in [0.29, 0.717) is 5.69 Å². The molecule has 0 saturated carbocycles. The molecule has 0 heterocycles. The van der Waals surface area contributed by atoms with E-state index in [1.165, 1.54) is 0 Å². The van der Waals surface area contributed by atoms with Crippen molar-refractivity contribution in [3.05, 3.63) is 66.2 Å². The molecule has 3 heteroatoms. The maximum absolute atomic E-state index is 9.45. The fourth-order valence-corrected chi connectivity index (χ4v) is 2.70. The predicted octanol–water partition coefficient (Wildman–Crippen LogP) is 4.32. The largest absolute Gasteiger partial charge is 0.508 e. The van der Waals surface area contributed by atoms with Gasteiger partial charge >= 0.3 is 0 Å². The van der Waals surface area contributed by atoms with Gasteiger partial charge in [0.25, 0.3) is 0 Å². The number of anilines is 1. The van der Waals surface area contributed by atoms with E-state index in [-0.39, 0.29) is 11.5 Å². The van der Waals surface area contributed by atoms with Gasteiger partial charge in [0.1, 0.15) is 11.5 Å². The van der Waals surface area contributed by atoms with Gasteiger partial charge < -0.3 is 15.9 Å². The molecule has 0 radical (unpaired) electrons. The lowest BCUT2D eigenvalue weighted by Crippen LogP contribution is -1.95. The molecule has 0 aliphatic carbocycles. The van der Waals surface area contributed by atoms with Gasteiger partial charge in [0.15, 0.2) is 0 Å². The third kappa shape index (κ3) is 2.49. The van der Waals surface area contributed by atoms with E-state index >= 15 is 0 Å².